The highest BCUT2D eigenvalue weighted by atomic mass is 16.2. The van der Waals surface area contributed by atoms with E-state index in [4.69, 9.17) is 0 Å². The van der Waals surface area contributed by atoms with Crippen molar-refractivity contribution in [3.05, 3.63) is 34.9 Å². The summed E-state index contributed by atoms with van der Waals surface area (Å²) < 4.78 is 0. The molecule has 0 aliphatic carbocycles. The van der Waals surface area contributed by atoms with Gasteiger partial charge in [-0.2, -0.15) is 0 Å². The van der Waals surface area contributed by atoms with Gasteiger partial charge in [0.1, 0.15) is 0 Å². The highest BCUT2D eigenvalue weighted by Gasteiger charge is 2.17. The molecule has 3 nitrogen and oxygen atoms in total. The maximum Gasteiger partial charge on any atom is 0.275 e. The standard InChI is InChI=1S/C19H30N2O/c1-15-9-10-18(13-16(15)2)17(3)20-19(22)14-21-11-7-5-4-6-8-12-21/h9-10,13,17H,4-8,11-12,14H2,1-3H3,(H,20,22)/p+1/t17-/m1/s1. The number of benzene rings is 1. The summed E-state index contributed by atoms with van der Waals surface area (Å²) in [5, 5.41) is 3.17. The summed E-state index contributed by atoms with van der Waals surface area (Å²) in [6, 6.07) is 6.53. The maximum atomic E-state index is 12.3. The minimum absolute atomic E-state index is 0.0842. The minimum atomic E-state index is 0.0842. The fraction of sp³-hybridized carbons (Fsp3) is 0.632. The van der Waals surface area contributed by atoms with E-state index in [2.05, 4.69) is 44.3 Å². The third kappa shape index (κ3) is 5.13. The van der Waals surface area contributed by atoms with Crippen molar-refractivity contribution in [3.63, 3.8) is 0 Å². The van der Waals surface area contributed by atoms with Crippen molar-refractivity contribution >= 4 is 5.91 Å². The average molecular weight is 303 g/mol. The number of carbonyl (C=O) groups is 1. The summed E-state index contributed by atoms with van der Waals surface area (Å²) in [7, 11) is 0. The Kier molecular flexibility index (Phi) is 6.44. The zero-order valence-corrected chi connectivity index (χ0v) is 14.4. The van der Waals surface area contributed by atoms with Crippen LogP contribution in [0.2, 0.25) is 0 Å². The van der Waals surface area contributed by atoms with E-state index in [0.29, 0.717) is 6.54 Å². The van der Waals surface area contributed by atoms with Gasteiger partial charge in [0.15, 0.2) is 6.54 Å². The lowest BCUT2D eigenvalue weighted by Gasteiger charge is -2.22. The molecule has 2 N–H and O–H groups in total. The van der Waals surface area contributed by atoms with Crippen LogP contribution in [0.3, 0.4) is 0 Å². The molecule has 1 fully saturated rings. The molecule has 22 heavy (non-hydrogen) atoms. The van der Waals surface area contributed by atoms with Crippen molar-refractivity contribution in [1.29, 1.82) is 0 Å². The predicted molar refractivity (Wildman–Crippen MR) is 91.1 cm³/mol. The van der Waals surface area contributed by atoms with Crippen LogP contribution >= 0.6 is 0 Å². The first-order valence-electron chi connectivity index (χ1n) is 8.76. The molecule has 122 valence electrons. The van der Waals surface area contributed by atoms with Crippen molar-refractivity contribution in [3.8, 4) is 0 Å². The zero-order chi connectivity index (χ0) is 15.9. The zero-order valence-electron chi connectivity index (χ0n) is 14.4. The van der Waals surface area contributed by atoms with E-state index >= 15 is 0 Å². The predicted octanol–water partition coefficient (Wildman–Crippen LogP) is 2.33. The molecular weight excluding hydrogens is 272 g/mol. The fourth-order valence-corrected chi connectivity index (χ4v) is 3.22. The number of carbonyl (C=O) groups excluding carboxylic acids is 1. The van der Waals surface area contributed by atoms with E-state index in [1.165, 1.54) is 53.7 Å². The third-order valence-corrected chi connectivity index (χ3v) is 4.88. The van der Waals surface area contributed by atoms with Crippen molar-refractivity contribution in [2.24, 2.45) is 0 Å². The SMILES string of the molecule is Cc1ccc([C@@H](C)NC(=O)C[NH+]2CCCCCCC2)cc1C. The van der Waals surface area contributed by atoms with Gasteiger partial charge in [0.05, 0.1) is 19.1 Å². The van der Waals surface area contributed by atoms with Crippen molar-refractivity contribution in [1.82, 2.24) is 5.32 Å². The molecule has 1 atom stereocenters. The van der Waals surface area contributed by atoms with Crippen molar-refractivity contribution in [2.75, 3.05) is 19.6 Å². The molecule has 0 aromatic heterocycles. The van der Waals surface area contributed by atoms with Crippen LogP contribution in [0.1, 0.15) is 61.8 Å². The van der Waals surface area contributed by atoms with Gasteiger partial charge in [-0.15, -0.1) is 0 Å². The van der Waals surface area contributed by atoms with Gasteiger partial charge in [-0.1, -0.05) is 24.6 Å². The average Bonchev–Trinajstić information content (AvgIpc) is 2.44. The first kappa shape index (κ1) is 17.0. The smallest absolute Gasteiger partial charge is 0.275 e. The number of nitrogens with one attached hydrogen (secondary N) is 2. The number of rotatable bonds is 4. The molecule has 0 radical (unpaired) electrons. The van der Waals surface area contributed by atoms with Crippen molar-refractivity contribution in [2.45, 2.75) is 58.9 Å². The molecule has 1 aromatic rings. The van der Waals surface area contributed by atoms with Crippen LogP contribution in [-0.2, 0) is 4.79 Å². The Hall–Kier alpha value is -1.35. The molecule has 1 heterocycles. The number of quaternary nitrogens is 1. The lowest BCUT2D eigenvalue weighted by molar-refractivity contribution is -0.893. The Labute approximate surface area is 135 Å². The molecule has 1 aliphatic heterocycles. The maximum absolute atomic E-state index is 12.3. The number of likely N-dealkylation sites (tertiary alicyclic amines) is 1. The van der Waals surface area contributed by atoms with Gasteiger partial charge >= 0.3 is 0 Å². The molecule has 1 saturated heterocycles. The van der Waals surface area contributed by atoms with E-state index in [-0.39, 0.29) is 11.9 Å². The Morgan fingerprint density at radius 3 is 2.36 bits per heavy atom. The molecular formula is C19H31N2O+. The Morgan fingerprint density at radius 1 is 1.09 bits per heavy atom. The van der Waals surface area contributed by atoms with E-state index in [1.54, 1.807) is 0 Å². The molecule has 0 saturated carbocycles. The van der Waals surface area contributed by atoms with E-state index in [1.807, 2.05) is 0 Å². The molecule has 1 aromatic carbocycles. The molecule has 1 amide bonds. The van der Waals surface area contributed by atoms with Crippen LogP contribution in [-0.4, -0.2) is 25.5 Å². The normalized spacial score (nSPS) is 18.3. The molecule has 0 spiro atoms. The van der Waals surface area contributed by atoms with Gasteiger partial charge in [0.2, 0.25) is 0 Å². The first-order valence-corrected chi connectivity index (χ1v) is 8.76. The molecule has 0 unspecified atom stereocenters. The second-order valence-electron chi connectivity index (χ2n) is 6.83. The van der Waals surface area contributed by atoms with Crippen LogP contribution in [0, 0.1) is 13.8 Å². The van der Waals surface area contributed by atoms with Gasteiger partial charge in [-0.3, -0.25) is 4.79 Å². The van der Waals surface area contributed by atoms with Gasteiger partial charge < -0.3 is 10.2 Å². The number of amides is 1. The molecule has 2 rings (SSSR count). The van der Waals surface area contributed by atoms with Crippen LogP contribution in [0.15, 0.2) is 18.2 Å². The van der Waals surface area contributed by atoms with Gasteiger partial charge in [0, 0.05) is 0 Å². The van der Waals surface area contributed by atoms with Gasteiger partial charge in [-0.05, 0) is 63.1 Å². The highest BCUT2D eigenvalue weighted by Crippen LogP contribution is 2.16. The van der Waals surface area contributed by atoms with Crippen LogP contribution in [0.25, 0.3) is 0 Å². The topological polar surface area (TPSA) is 33.5 Å². The summed E-state index contributed by atoms with van der Waals surface area (Å²) in [6.45, 7) is 9.22. The lowest BCUT2D eigenvalue weighted by Crippen LogP contribution is -3.13. The number of hydrogen-bond donors (Lipinski definition) is 2. The highest BCUT2D eigenvalue weighted by molar-refractivity contribution is 5.77. The summed E-state index contributed by atoms with van der Waals surface area (Å²) >= 11 is 0. The molecule has 1 aliphatic rings. The third-order valence-electron chi connectivity index (χ3n) is 4.88. The fourth-order valence-electron chi connectivity index (χ4n) is 3.22. The quantitative estimate of drug-likeness (QED) is 0.879. The van der Waals surface area contributed by atoms with Crippen LogP contribution in [0.4, 0.5) is 0 Å². The van der Waals surface area contributed by atoms with Crippen molar-refractivity contribution < 1.29 is 9.69 Å². The summed E-state index contributed by atoms with van der Waals surface area (Å²) in [5.41, 5.74) is 3.78. The van der Waals surface area contributed by atoms with E-state index in [9.17, 15) is 4.79 Å². The summed E-state index contributed by atoms with van der Waals surface area (Å²) in [6.07, 6.45) is 6.53. The minimum Gasteiger partial charge on any atom is -0.345 e. The first-order chi connectivity index (χ1) is 10.6. The van der Waals surface area contributed by atoms with Crippen LogP contribution < -0.4 is 10.2 Å². The van der Waals surface area contributed by atoms with Crippen LogP contribution in [0.5, 0.6) is 0 Å². The monoisotopic (exact) mass is 303 g/mol. The lowest BCUT2D eigenvalue weighted by atomic mass is 10.0. The Balaban J connectivity index is 1.85. The van der Waals surface area contributed by atoms with E-state index in [0.717, 1.165) is 13.1 Å². The number of hydrogen-bond acceptors (Lipinski definition) is 1. The second-order valence-corrected chi connectivity index (χ2v) is 6.83. The van der Waals surface area contributed by atoms with Gasteiger partial charge in [0.25, 0.3) is 5.91 Å². The van der Waals surface area contributed by atoms with E-state index < -0.39 is 0 Å². The Bertz CT molecular complexity index is 490. The summed E-state index contributed by atoms with van der Waals surface area (Å²) in [5.74, 6) is 0.182. The van der Waals surface area contributed by atoms with Gasteiger partial charge in [-0.25, -0.2) is 0 Å². The molecule has 3 heteroatoms. The Morgan fingerprint density at radius 2 is 1.73 bits per heavy atom. The largest absolute Gasteiger partial charge is 0.345 e. The molecule has 0 bridgehead atoms. The number of aryl methyl sites for hydroxylation is 2. The summed E-state index contributed by atoms with van der Waals surface area (Å²) in [4.78, 5) is 13.8. The second kappa shape index (κ2) is 8.33.